The number of hydrogen-bond donors (Lipinski definition) is 0. The highest BCUT2D eigenvalue weighted by molar-refractivity contribution is 5.43. The maximum absolute atomic E-state index is 5.39. The first-order chi connectivity index (χ1) is 8.97. The van der Waals surface area contributed by atoms with Crippen LogP contribution >= 0.6 is 0 Å². The molecule has 3 rings (SSSR count). The Hall–Kier alpha value is -0.980. The normalized spacial score (nSPS) is 32.3. The molecule has 0 heterocycles. The number of ether oxygens (including phenoxy) is 1. The average molecular weight is 258 g/mol. The first-order valence-electron chi connectivity index (χ1n) is 7.65. The second kappa shape index (κ2) is 4.26. The minimum atomic E-state index is 0.377. The summed E-state index contributed by atoms with van der Waals surface area (Å²) in [5, 5.41) is 0. The minimum absolute atomic E-state index is 0.377. The van der Waals surface area contributed by atoms with Crippen molar-refractivity contribution in [2.45, 2.75) is 58.3 Å². The number of hydrogen-bond acceptors (Lipinski definition) is 1. The molecule has 0 saturated heterocycles. The molecular weight excluding hydrogens is 232 g/mol. The molecule has 1 aromatic rings. The van der Waals surface area contributed by atoms with E-state index in [1.54, 1.807) is 12.7 Å². The van der Waals surface area contributed by atoms with Crippen LogP contribution in [0.1, 0.15) is 57.6 Å². The molecule has 2 aliphatic rings. The molecule has 1 aromatic carbocycles. The molecule has 19 heavy (non-hydrogen) atoms. The van der Waals surface area contributed by atoms with Gasteiger partial charge in [0.15, 0.2) is 0 Å². The maximum atomic E-state index is 5.39. The zero-order valence-corrected chi connectivity index (χ0v) is 12.8. The van der Waals surface area contributed by atoms with E-state index in [0.29, 0.717) is 10.8 Å². The van der Waals surface area contributed by atoms with Crippen LogP contribution in [0.25, 0.3) is 0 Å². The van der Waals surface area contributed by atoms with Crippen LogP contribution in [0.2, 0.25) is 0 Å². The maximum Gasteiger partial charge on any atom is 0.119 e. The zero-order valence-electron chi connectivity index (χ0n) is 12.8. The zero-order chi connectivity index (χ0) is 13.7. The van der Waals surface area contributed by atoms with Gasteiger partial charge < -0.3 is 4.74 Å². The first kappa shape index (κ1) is 13.0. The Labute approximate surface area is 117 Å². The summed E-state index contributed by atoms with van der Waals surface area (Å²) in [6.07, 6.45) is 6.66. The number of aryl methyl sites for hydroxylation is 1. The largest absolute Gasteiger partial charge is 0.497 e. The van der Waals surface area contributed by atoms with Crippen molar-refractivity contribution >= 4 is 0 Å². The van der Waals surface area contributed by atoms with Gasteiger partial charge >= 0.3 is 0 Å². The SMILES string of the molecule is COc1ccc2c(c1)CC[C@H]1C(C)(C)CCC[C@@]21C. The summed E-state index contributed by atoms with van der Waals surface area (Å²) in [6, 6.07) is 6.74. The van der Waals surface area contributed by atoms with Gasteiger partial charge in [0.05, 0.1) is 7.11 Å². The van der Waals surface area contributed by atoms with Crippen LogP contribution in [0, 0.1) is 11.3 Å². The molecule has 0 amide bonds. The topological polar surface area (TPSA) is 9.23 Å². The van der Waals surface area contributed by atoms with Gasteiger partial charge in [-0.25, -0.2) is 0 Å². The lowest BCUT2D eigenvalue weighted by Gasteiger charge is -2.54. The van der Waals surface area contributed by atoms with Gasteiger partial charge in [0.1, 0.15) is 5.75 Å². The van der Waals surface area contributed by atoms with Gasteiger partial charge in [0.2, 0.25) is 0 Å². The van der Waals surface area contributed by atoms with Crippen LogP contribution in [-0.2, 0) is 11.8 Å². The first-order valence-corrected chi connectivity index (χ1v) is 7.65. The molecule has 1 saturated carbocycles. The van der Waals surface area contributed by atoms with Crippen LogP contribution < -0.4 is 4.74 Å². The Bertz CT molecular complexity index is 488. The van der Waals surface area contributed by atoms with Crippen molar-refractivity contribution in [3.63, 3.8) is 0 Å². The van der Waals surface area contributed by atoms with Crippen molar-refractivity contribution in [3.05, 3.63) is 29.3 Å². The fraction of sp³-hybridized carbons (Fsp3) is 0.667. The van der Waals surface area contributed by atoms with E-state index in [1.165, 1.54) is 37.7 Å². The van der Waals surface area contributed by atoms with Crippen LogP contribution in [-0.4, -0.2) is 7.11 Å². The standard InChI is InChI=1S/C18H26O/c1-17(2)10-5-11-18(3)15-8-7-14(19-4)12-13(15)6-9-16(17)18/h7-8,12,16H,5-6,9-11H2,1-4H3/t16-,18-/m0/s1. The summed E-state index contributed by atoms with van der Waals surface area (Å²) in [5.41, 5.74) is 3.99. The molecule has 0 spiro atoms. The Morgan fingerprint density at radius 3 is 2.68 bits per heavy atom. The lowest BCUT2D eigenvalue weighted by Crippen LogP contribution is -2.47. The molecule has 0 unspecified atom stereocenters. The van der Waals surface area contributed by atoms with Gasteiger partial charge in [0.25, 0.3) is 0 Å². The molecule has 1 heteroatoms. The van der Waals surface area contributed by atoms with Gasteiger partial charge in [0, 0.05) is 0 Å². The van der Waals surface area contributed by atoms with E-state index in [9.17, 15) is 0 Å². The number of fused-ring (bicyclic) bond motifs is 3. The summed E-state index contributed by atoms with van der Waals surface area (Å²) in [4.78, 5) is 0. The number of benzene rings is 1. The Morgan fingerprint density at radius 1 is 1.16 bits per heavy atom. The van der Waals surface area contributed by atoms with E-state index < -0.39 is 0 Å². The molecular formula is C18H26O. The molecule has 2 aliphatic carbocycles. The second-order valence-corrected chi connectivity index (χ2v) is 7.37. The van der Waals surface area contributed by atoms with Crippen LogP contribution in [0.3, 0.4) is 0 Å². The summed E-state index contributed by atoms with van der Waals surface area (Å²) >= 11 is 0. The van der Waals surface area contributed by atoms with Gasteiger partial charge in [-0.05, 0) is 65.7 Å². The molecule has 104 valence electrons. The van der Waals surface area contributed by atoms with E-state index in [4.69, 9.17) is 4.74 Å². The smallest absolute Gasteiger partial charge is 0.119 e. The summed E-state index contributed by atoms with van der Waals surface area (Å²) in [5.74, 6) is 1.84. The molecule has 1 fully saturated rings. The lowest BCUT2D eigenvalue weighted by atomic mass is 9.50. The molecule has 0 bridgehead atoms. The van der Waals surface area contributed by atoms with E-state index in [-0.39, 0.29) is 0 Å². The quantitative estimate of drug-likeness (QED) is 0.708. The van der Waals surface area contributed by atoms with Gasteiger partial charge in [-0.15, -0.1) is 0 Å². The third-order valence-electron chi connectivity index (χ3n) is 5.86. The Kier molecular flexibility index (Phi) is 2.92. The monoisotopic (exact) mass is 258 g/mol. The third kappa shape index (κ3) is 1.89. The predicted octanol–water partition coefficient (Wildman–Crippen LogP) is 4.73. The molecule has 0 radical (unpaired) electrons. The van der Waals surface area contributed by atoms with Crippen LogP contribution in [0.4, 0.5) is 0 Å². The van der Waals surface area contributed by atoms with Crippen LogP contribution in [0.5, 0.6) is 5.75 Å². The van der Waals surface area contributed by atoms with Crippen molar-refractivity contribution in [3.8, 4) is 5.75 Å². The number of rotatable bonds is 1. The highest BCUT2D eigenvalue weighted by atomic mass is 16.5. The van der Waals surface area contributed by atoms with Crippen molar-refractivity contribution < 1.29 is 4.74 Å². The van der Waals surface area contributed by atoms with Crippen molar-refractivity contribution in [1.82, 2.24) is 0 Å². The fourth-order valence-electron chi connectivity index (χ4n) is 4.91. The minimum Gasteiger partial charge on any atom is -0.497 e. The van der Waals surface area contributed by atoms with Gasteiger partial charge in [-0.1, -0.05) is 33.3 Å². The van der Waals surface area contributed by atoms with Crippen molar-refractivity contribution in [2.75, 3.05) is 7.11 Å². The van der Waals surface area contributed by atoms with Gasteiger partial charge in [-0.2, -0.15) is 0 Å². The van der Waals surface area contributed by atoms with E-state index >= 15 is 0 Å². The molecule has 0 N–H and O–H groups in total. The molecule has 0 aromatic heterocycles. The summed E-state index contributed by atoms with van der Waals surface area (Å²) in [6.45, 7) is 7.45. The highest BCUT2D eigenvalue weighted by Crippen LogP contribution is 2.57. The van der Waals surface area contributed by atoms with Crippen molar-refractivity contribution in [1.29, 1.82) is 0 Å². The Morgan fingerprint density at radius 2 is 1.95 bits per heavy atom. The lowest BCUT2D eigenvalue weighted by molar-refractivity contribution is 0.0407. The molecule has 2 atom stereocenters. The predicted molar refractivity (Wildman–Crippen MR) is 79.8 cm³/mol. The second-order valence-electron chi connectivity index (χ2n) is 7.37. The van der Waals surface area contributed by atoms with Crippen LogP contribution in [0.15, 0.2) is 18.2 Å². The summed E-state index contributed by atoms with van der Waals surface area (Å²) in [7, 11) is 1.76. The third-order valence-corrected chi connectivity index (χ3v) is 5.86. The average Bonchev–Trinajstić information content (AvgIpc) is 2.37. The van der Waals surface area contributed by atoms with E-state index in [1.807, 2.05) is 0 Å². The molecule has 0 aliphatic heterocycles. The molecule has 1 nitrogen and oxygen atoms in total. The summed E-state index contributed by atoms with van der Waals surface area (Å²) < 4.78 is 5.39. The van der Waals surface area contributed by atoms with E-state index in [0.717, 1.165) is 11.7 Å². The fourth-order valence-corrected chi connectivity index (χ4v) is 4.91. The van der Waals surface area contributed by atoms with Crippen molar-refractivity contribution in [2.24, 2.45) is 11.3 Å². The Balaban J connectivity index is 2.07. The van der Waals surface area contributed by atoms with E-state index in [2.05, 4.69) is 39.0 Å². The van der Waals surface area contributed by atoms with Gasteiger partial charge in [-0.3, -0.25) is 0 Å². The number of methoxy groups -OCH3 is 1. The highest BCUT2D eigenvalue weighted by Gasteiger charge is 2.49.